The maximum atomic E-state index is 11.8. The zero-order valence-corrected chi connectivity index (χ0v) is 31.1. The van der Waals surface area contributed by atoms with Gasteiger partial charge in [0, 0.05) is 57.0 Å². The second-order valence-corrected chi connectivity index (χ2v) is 13.6. The monoisotopic (exact) mass is 838 g/mol. The molecule has 7 heteroatoms. The van der Waals surface area contributed by atoms with Crippen molar-refractivity contribution in [1.29, 1.82) is 0 Å². The third kappa shape index (κ3) is 5.76. The SMILES string of the molecule is CC(C)c1cc(C(C)C)cc(-n2c(-c3[c-]cccc3)nc3c(CCc4cc5c(oc6ccccc65)c(-c5nccn5C)c4O)cccc32)c1.[Pt]. The molecule has 0 saturated heterocycles. The van der Waals surface area contributed by atoms with Crippen LogP contribution < -0.4 is 0 Å². The zero-order valence-electron chi connectivity index (χ0n) is 28.8. The normalized spacial score (nSPS) is 11.7. The van der Waals surface area contributed by atoms with Crippen LogP contribution >= 0.6 is 0 Å². The number of para-hydroxylation sites is 2. The Labute approximate surface area is 306 Å². The van der Waals surface area contributed by atoms with Gasteiger partial charge in [-0.25, -0.2) is 4.98 Å². The number of nitrogens with zero attached hydrogens (tertiary/aromatic N) is 4. The van der Waals surface area contributed by atoms with Crippen LogP contribution in [-0.4, -0.2) is 24.2 Å². The van der Waals surface area contributed by atoms with Crippen LogP contribution in [0.1, 0.15) is 61.8 Å². The van der Waals surface area contributed by atoms with Crippen molar-refractivity contribution in [2.75, 3.05) is 0 Å². The molecule has 50 heavy (non-hydrogen) atoms. The molecule has 0 bridgehead atoms. The molecule has 6 nitrogen and oxygen atoms in total. The van der Waals surface area contributed by atoms with Gasteiger partial charge >= 0.3 is 0 Å². The molecule has 8 aromatic rings. The first-order chi connectivity index (χ1) is 23.8. The standard InChI is InChI=1S/C43H39N4O2.Pt/c1-26(2)31-22-32(27(3)4)24-33(23-31)47-36-16-11-14-28(39(36)45-42(47)29-12-7-6-8-13-29)18-19-30-25-35-34-15-9-10-17-37(34)49-41(35)38(40(30)48)43-44-20-21-46(43)5;/h6-12,14-17,20-27,48H,18-19H2,1-5H3;/q-1;. The van der Waals surface area contributed by atoms with E-state index in [9.17, 15) is 5.11 Å². The summed E-state index contributed by atoms with van der Waals surface area (Å²) in [5.41, 5.74) is 10.7. The Morgan fingerprint density at radius 2 is 1.54 bits per heavy atom. The summed E-state index contributed by atoms with van der Waals surface area (Å²) < 4.78 is 10.5. The molecule has 0 fully saturated rings. The molecule has 1 N–H and O–H groups in total. The predicted molar refractivity (Wildman–Crippen MR) is 199 cm³/mol. The molecule has 0 unspecified atom stereocenters. The number of imidazole rings is 2. The van der Waals surface area contributed by atoms with E-state index in [1.54, 1.807) is 6.20 Å². The van der Waals surface area contributed by atoms with Crippen LogP contribution in [-0.2, 0) is 41.0 Å². The van der Waals surface area contributed by atoms with E-state index in [0.717, 1.165) is 55.6 Å². The number of hydrogen-bond donors (Lipinski definition) is 1. The van der Waals surface area contributed by atoms with Gasteiger partial charge in [-0.2, -0.15) is 0 Å². The minimum Gasteiger partial charge on any atom is -0.507 e. The molecule has 254 valence electrons. The van der Waals surface area contributed by atoms with E-state index >= 15 is 0 Å². The van der Waals surface area contributed by atoms with Crippen LogP contribution in [0, 0.1) is 6.07 Å². The van der Waals surface area contributed by atoms with Crippen LogP contribution in [0.5, 0.6) is 5.75 Å². The smallest absolute Gasteiger partial charge is 0.150 e. The Kier molecular flexibility index (Phi) is 9.00. The second-order valence-electron chi connectivity index (χ2n) is 13.6. The molecule has 0 spiro atoms. The van der Waals surface area contributed by atoms with E-state index in [-0.39, 0.29) is 26.8 Å². The third-order valence-corrected chi connectivity index (χ3v) is 9.70. The molecule has 5 aromatic carbocycles. The average Bonchev–Trinajstić information content (AvgIpc) is 3.82. The van der Waals surface area contributed by atoms with Gasteiger partial charge in [0.05, 0.1) is 16.9 Å². The van der Waals surface area contributed by atoms with Crippen molar-refractivity contribution >= 4 is 33.0 Å². The van der Waals surface area contributed by atoms with E-state index in [1.165, 1.54) is 11.1 Å². The summed E-state index contributed by atoms with van der Waals surface area (Å²) >= 11 is 0. The molecule has 0 aliphatic carbocycles. The topological polar surface area (TPSA) is 69.0 Å². The van der Waals surface area contributed by atoms with Crippen molar-refractivity contribution in [3.05, 3.63) is 132 Å². The molecule has 0 atom stereocenters. The summed E-state index contributed by atoms with van der Waals surface area (Å²) in [6.07, 6.45) is 4.92. The van der Waals surface area contributed by atoms with Crippen molar-refractivity contribution in [1.82, 2.24) is 19.1 Å². The van der Waals surface area contributed by atoms with E-state index in [2.05, 4.69) is 97.9 Å². The van der Waals surface area contributed by atoms with Crippen molar-refractivity contribution in [2.45, 2.75) is 52.4 Å². The summed E-state index contributed by atoms with van der Waals surface area (Å²) in [4.78, 5) is 9.93. The largest absolute Gasteiger partial charge is 0.507 e. The Hall–Kier alpha value is -4.93. The van der Waals surface area contributed by atoms with Gasteiger partial charge in [0.1, 0.15) is 28.3 Å². The number of phenols is 1. The van der Waals surface area contributed by atoms with Gasteiger partial charge in [-0.05, 0) is 77.3 Å². The zero-order chi connectivity index (χ0) is 33.8. The number of furan rings is 1. The molecular weight excluding hydrogens is 800 g/mol. The van der Waals surface area contributed by atoms with Gasteiger partial charge in [-0.15, -0.1) is 35.9 Å². The van der Waals surface area contributed by atoms with Gasteiger partial charge in [0.25, 0.3) is 0 Å². The molecular formula is C43H39N4O2Pt-. The first-order valence-electron chi connectivity index (χ1n) is 17.0. The van der Waals surface area contributed by atoms with Crippen molar-refractivity contribution in [3.63, 3.8) is 0 Å². The minimum absolute atomic E-state index is 0. The summed E-state index contributed by atoms with van der Waals surface area (Å²) in [6.45, 7) is 8.99. The Morgan fingerprint density at radius 3 is 2.24 bits per heavy atom. The van der Waals surface area contributed by atoms with Gasteiger partial charge in [0.2, 0.25) is 0 Å². The number of aromatic nitrogens is 4. The van der Waals surface area contributed by atoms with Crippen molar-refractivity contribution < 1.29 is 30.6 Å². The van der Waals surface area contributed by atoms with Gasteiger partial charge < -0.3 is 18.7 Å². The summed E-state index contributed by atoms with van der Waals surface area (Å²) in [6, 6.07) is 35.0. The quantitative estimate of drug-likeness (QED) is 0.155. The van der Waals surface area contributed by atoms with Crippen LogP contribution in [0.4, 0.5) is 0 Å². The summed E-state index contributed by atoms with van der Waals surface area (Å²) in [7, 11) is 1.93. The number of benzene rings is 5. The number of phenolic OH excluding ortho intramolecular Hbond substituents is 1. The Balaban J connectivity index is 0.00000392. The van der Waals surface area contributed by atoms with Crippen molar-refractivity contribution in [2.24, 2.45) is 7.05 Å². The Morgan fingerprint density at radius 1 is 0.800 bits per heavy atom. The molecule has 0 saturated carbocycles. The number of aryl methyl sites for hydroxylation is 3. The van der Waals surface area contributed by atoms with E-state index in [0.29, 0.717) is 41.6 Å². The first kappa shape index (κ1) is 33.6. The third-order valence-electron chi connectivity index (χ3n) is 9.70. The van der Waals surface area contributed by atoms with Gasteiger partial charge in [0.15, 0.2) is 0 Å². The average molecular weight is 839 g/mol. The van der Waals surface area contributed by atoms with Crippen molar-refractivity contribution in [3.8, 4) is 34.2 Å². The van der Waals surface area contributed by atoms with Gasteiger partial charge in [-0.1, -0.05) is 64.1 Å². The predicted octanol–water partition coefficient (Wildman–Crippen LogP) is 10.5. The summed E-state index contributed by atoms with van der Waals surface area (Å²) in [5.74, 6) is 2.51. The van der Waals surface area contributed by atoms with E-state index in [4.69, 9.17) is 9.40 Å². The number of rotatable bonds is 8. The first-order valence-corrected chi connectivity index (χ1v) is 17.0. The fraction of sp³-hybridized carbons (Fsp3) is 0.209. The second kappa shape index (κ2) is 13.4. The van der Waals surface area contributed by atoms with Crippen LogP contribution in [0.3, 0.4) is 0 Å². The Bertz CT molecular complexity index is 2460. The molecule has 0 aliphatic heterocycles. The molecule has 0 radical (unpaired) electrons. The van der Waals surface area contributed by atoms with Crippen LogP contribution in [0.2, 0.25) is 0 Å². The fourth-order valence-corrected chi connectivity index (χ4v) is 6.97. The minimum atomic E-state index is 0. The number of hydrogen-bond acceptors (Lipinski definition) is 4. The maximum absolute atomic E-state index is 11.8. The molecule has 0 aliphatic rings. The number of aromatic hydroxyl groups is 1. The molecule has 3 aromatic heterocycles. The number of fused-ring (bicyclic) bond motifs is 4. The van der Waals surface area contributed by atoms with Crippen LogP contribution in [0.25, 0.3) is 61.4 Å². The van der Waals surface area contributed by atoms with E-state index < -0.39 is 0 Å². The molecule has 0 amide bonds. The van der Waals surface area contributed by atoms with E-state index in [1.807, 2.05) is 54.2 Å². The summed E-state index contributed by atoms with van der Waals surface area (Å²) in [5, 5.41) is 13.8. The molecule has 3 heterocycles. The molecule has 8 rings (SSSR count). The maximum Gasteiger partial charge on any atom is 0.150 e. The van der Waals surface area contributed by atoms with Crippen LogP contribution in [0.15, 0.2) is 108 Å². The fourth-order valence-electron chi connectivity index (χ4n) is 6.97. The van der Waals surface area contributed by atoms with Gasteiger partial charge in [-0.3, -0.25) is 4.98 Å².